The fourth-order valence-electron chi connectivity index (χ4n) is 1.95. The van der Waals surface area contributed by atoms with Crippen LogP contribution in [-0.4, -0.2) is 24.8 Å². The highest BCUT2D eigenvalue weighted by atomic mass is 16.1. The van der Waals surface area contributed by atoms with Crippen LogP contribution in [0.4, 0.5) is 0 Å². The summed E-state index contributed by atoms with van der Waals surface area (Å²) in [5.41, 5.74) is 1.21. The largest absolute Gasteiger partial charge is 0.345 e. The van der Waals surface area contributed by atoms with Crippen molar-refractivity contribution in [1.29, 1.82) is 0 Å². The number of hydrogen-bond donors (Lipinski definition) is 1. The van der Waals surface area contributed by atoms with Crippen molar-refractivity contribution in [2.24, 2.45) is 7.05 Å². The van der Waals surface area contributed by atoms with E-state index in [9.17, 15) is 4.79 Å². The van der Waals surface area contributed by atoms with Gasteiger partial charge in [-0.1, -0.05) is 0 Å². The molecule has 6 heteroatoms. The molecular formula is C13H13N5O. The summed E-state index contributed by atoms with van der Waals surface area (Å²) in [4.78, 5) is 20.5. The summed E-state index contributed by atoms with van der Waals surface area (Å²) in [5, 5.41) is 2.85. The monoisotopic (exact) mass is 255 g/mol. The highest BCUT2D eigenvalue weighted by Gasteiger charge is 2.11. The van der Waals surface area contributed by atoms with Gasteiger partial charge in [-0.3, -0.25) is 4.79 Å². The molecule has 0 bridgehead atoms. The molecule has 0 saturated heterocycles. The Balaban J connectivity index is 1.81. The number of aryl methyl sites for hydroxylation is 1. The van der Waals surface area contributed by atoms with Crippen LogP contribution in [0.1, 0.15) is 16.2 Å². The second-order valence-electron chi connectivity index (χ2n) is 4.22. The van der Waals surface area contributed by atoms with E-state index in [1.165, 1.54) is 0 Å². The summed E-state index contributed by atoms with van der Waals surface area (Å²) in [7, 11) is 1.89. The molecule has 0 aromatic carbocycles. The molecule has 0 spiro atoms. The van der Waals surface area contributed by atoms with Gasteiger partial charge in [-0.05, 0) is 12.1 Å². The van der Waals surface area contributed by atoms with E-state index in [1.807, 2.05) is 40.7 Å². The van der Waals surface area contributed by atoms with E-state index in [0.29, 0.717) is 17.8 Å². The van der Waals surface area contributed by atoms with E-state index < -0.39 is 0 Å². The third kappa shape index (κ3) is 2.08. The summed E-state index contributed by atoms with van der Waals surface area (Å²) in [6.45, 7) is 0.393. The third-order valence-electron chi connectivity index (χ3n) is 2.99. The first-order chi connectivity index (χ1) is 9.25. The molecule has 1 amide bonds. The first-order valence-corrected chi connectivity index (χ1v) is 5.92. The van der Waals surface area contributed by atoms with E-state index in [4.69, 9.17) is 0 Å². The molecular weight excluding hydrogens is 242 g/mol. The molecule has 0 atom stereocenters. The van der Waals surface area contributed by atoms with Gasteiger partial charge in [0.05, 0.1) is 12.1 Å². The van der Waals surface area contributed by atoms with Gasteiger partial charge in [-0.25, -0.2) is 9.97 Å². The maximum absolute atomic E-state index is 12.2. The molecule has 6 nitrogen and oxygen atoms in total. The minimum atomic E-state index is -0.153. The molecule has 3 rings (SSSR count). The quantitative estimate of drug-likeness (QED) is 0.759. The highest BCUT2D eigenvalue weighted by Crippen LogP contribution is 2.08. The van der Waals surface area contributed by atoms with Crippen LogP contribution in [0.2, 0.25) is 0 Å². The van der Waals surface area contributed by atoms with Crippen LogP contribution in [-0.2, 0) is 13.6 Å². The van der Waals surface area contributed by atoms with Crippen LogP contribution in [0.5, 0.6) is 0 Å². The zero-order valence-corrected chi connectivity index (χ0v) is 10.4. The number of hydrogen-bond acceptors (Lipinski definition) is 3. The number of rotatable bonds is 3. The smallest absolute Gasteiger partial charge is 0.255 e. The number of fused-ring (bicyclic) bond motifs is 1. The number of carbonyl (C=O) groups is 1. The lowest BCUT2D eigenvalue weighted by atomic mass is 10.2. The lowest BCUT2D eigenvalue weighted by Crippen LogP contribution is -2.25. The molecule has 19 heavy (non-hydrogen) atoms. The number of imidazole rings is 2. The molecule has 3 heterocycles. The second kappa shape index (κ2) is 4.56. The summed E-state index contributed by atoms with van der Waals surface area (Å²) >= 11 is 0. The second-order valence-corrected chi connectivity index (χ2v) is 4.22. The Morgan fingerprint density at radius 3 is 2.89 bits per heavy atom. The number of carbonyl (C=O) groups excluding carboxylic acids is 1. The maximum Gasteiger partial charge on any atom is 0.255 e. The van der Waals surface area contributed by atoms with Crippen molar-refractivity contribution in [2.45, 2.75) is 6.54 Å². The van der Waals surface area contributed by atoms with Gasteiger partial charge in [0.2, 0.25) is 0 Å². The fourth-order valence-corrected chi connectivity index (χ4v) is 1.95. The number of aromatic nitrogens is 4. The number of pyridine rings is 1. The predicted octanol–water partition coefficient (Wildman–Crippen LogP) is 0.998. The molecule has 96 valence electrons. The van der Waals surface area contributed by atoms with E-state index in [2.05, 4.69) is 15.3 Å². The molecule has 3 aromatic rings. The lowest BCUT2D eigenvalue weighted by Gasteiger charge is -2.06. The highest BCUT2D eigenvalue weighted by molar-refractivity contribution is 5.99. The molecule has 0 saturated carbocycles. The van der Waals surface area contributed by atoms with E-state index in [-0.39, 0.29) is 5.91 Å². The summed E-state index contributed by atoms with van der Waals surface area (Å²) in [5.74, 6) is 0.656. The van der Waals surface area contributed by atoms with Gasteiger partial charge >= 0.3 is 0 Å². The van der Waals surface area contributed by atoms with Crippen molar-refractivity contribution in [2.75, 3.05) is 0 Å². The van der Waals surface area contributed by atoms with Crippen LogP contribution < -0.4 is 5.32 Å². The van der Waals surface area contributed by atoms with Crippen molar-refractivity contribution in [1.82, 2.24) is 24.3 Å². The molecule has 0 radical (unpaired) electrons. The van der Waals surface area contributed by atoms with Gasteiger partial charge in [0, 0.05) is 38.0 Å². The van der Waals surface area contributed by atoms with Crippen molar-refractivity contribution < 1.29 is 4.79 Å². The minimum Gasteiger partial charge on any atom is -0.345 e. The standard InChI is InChI=1S/C13H13N5O/c1-17-7-4-14-11(17)9-16-13(19)10-3-2-6-18-8-5-15-12(10)18/h2-8H,9H2,1H3,(H,16,19). The zero-order valence-electron chi connectivity index (χ0n) is 10.4. The summed E-state index contributed by atoms with van der Waals surface area (Å²) < 4.78 is 3.69. The molecule has 0 aliphatic heterocycles. The van der Waals surface area contributed by atoms with E-state index in [0.717, 1.165) is 5.82 Å². The first kappa shape index (κ1) is 11.5. The van der Waals surface area contributed by atoms with Crippen molar-refractivity contribution in [3.8, 4) is 0 Å². The van der Waals surface area contributed by atoms with Gasteiger partial charge in [-0.2, -0.15) is 0 Å². The Bertz CT molecular complexity index is 727. The molecule has 0 aliphatic rings. The topological polar surface area (TPSA) is 64.2 Å². The zero-order chi connectivity index (χ0) is 13.2. The van der Waals surface area contributed by atoms with Crippen LogP contribution in [0.3, 0.4) is 0 Å². The van der Waals surface area contributed by atoms with Crippen molar-refractivity contribution >= 4 is 11.6 Å². The summed E-state index contributed by atoms with van der Waals surface area (Å²) in [6.07, 6.45) is 8.89. The Morgan fingerprint density at radius 2 is 2.11 bits per heavy atom. The van der Waals surface area contributed by atoms with Crippen LogP contribution in [0.15, 0.2) is 43.1 Å². The fraction of sp³-hybridized carbons (Fsp3) is 0.154. The average molecular weight is 255 g/mol. The number of nitrogens with one attached hydrogen (secondary N) is 1. The molecule has 0 unspecified atom stereocenters. The van der Waals surface area contributed by atoms with Gasteiger partial charge in [0.1, 0.15) is 11.5 Å². The SMILES string of the molecule is Cn1ccnc1CNC(=O)c1cccn2ccnc12. The predicted molar refractivity (Wildman–Crippen MR) is 69.6 cm³/mol. The Hall–Kier alpha value is -2.63. The van der Waals surface area contributed by atoms with Gasteiger partial charge in [-0.15, -0.1) is 0 Å². The summed E-state index contributed by atoms with van der Waals surface area (Å²) in [6, 6.07) is 3.58. The van der Waals surface area contributed by atoms with Gasteiger partial charge < -0.3 is 14.3 Å². The maximum atomic E-state index is 12.2. The minimum absolute atomic E-state index is 0.153. The van der Waals surface area contributed by atoms with Gasteiger partial charge in [0.25, 0.3) is 5.91 Å². The normalized spacial score (nSPS) is 10.8. The third-order valence-corrected chi connectivity index (χ3v) is 2.99. The molecule has 0 aliphatic carbocycles. The van der Waals surface area contributed by atoms with Gasteiger partial charge in [0.15, 0.2) is 0 Å². The molecule has 3 aromatic heterocycles. The van der Waals surface area contributed by atoms with Crippen LogP contribution in [0, 0.1) is 0 Å². The Morgan fingerprint density at radius 1 is 1.26 bits per heavy atom. The Kier molecular flexibility index (Phi) is 2.75. The molecule has 1 N–H and O–H groups in total. The lowest BCUT2D eigenvalue weighted by molar-refractivity contribution is 0.0950. The van der Waals surface area contributed by atoms with Crippen LogP contribution in [0.25, 0.3) is 5.65 Å². The van der Waals surface area contributed by atoms with E-state index >= 15 is 0 Å². The first-order valence-electron chi connectivity index (χ1n) is 5.92. The number of nitrogens with zero attached hydrogens (tertiary/aromatic N) is 4. The molecule has 0 fully saturated rings. The van der Waals surface area contributed by atoms with E-state index in [1.54, 1.807) is 18.5 Å². The van der Waals surface area contributed by atoms with Crippen LogP contribution >= 0.6 is 0 Å². The van der Waals surface area contributed by atoms with Crippen molar-refractivity contribution in [3.63, 3.8) is 0 Å². The number of amides is 1. The van der Waals surface area contributed by atoms with Crippen molar-refractivity contribution in [3.05, 3.63) is 54.5 Å². The average Bonchev–Trinajstić information content (AvgIpc) is 3.04. The Labute approximate surface area is 109 Å².